The van der Waals surface area contributed by atoms with Gasteiger partial charge in [0.05, 0.1) is 0 Å². The van der Waals surface area contributed by atoms with Crippen molar-refractivity contribution in [3.63, 3.8) is 0 Å². The van der Waals surface area contributed by atoms with Gasteiger partial charge in [0, 0.05) is 12.1 Å². The maximum absolute atomic E-state index is 5.41. The Bertz CT molecular complexity index is 467. The summed E-state index contributed by atoms with van der Waals surface area (Å²) in [5.41, 5.74) is 7.09. The van der Waals surface area contributed by atoms with Crippen LogP contribution < -0.4 is 5.73 Å². The maximum Gasteiger partial charge on any atom is 0.227 e. The largest absolute Gasteiger partial charge is 0.339 e. The van der Waals surface area contributed by atoms with Crippen LogP contribution in [-0.2, 0) is 6.42 Å². The number of hydrogen-bond acceptors (Lipinski definition) is 5. The second kappa shape index (κ2) is 4.85. The van der Waals surface area contributed by atoms with Gasteiger partial charge in [-0.15, -0.1) is 0 Å². The van der Waals surface area contributed by atoms with E-state index in [1.807, 2.05) is 25.1 Å². The molecule has 2 aromatic heterocycles. The van der Waals surface area contributed by atoms with Crippen LogP contribution in [0.3, 0.4) is 0 Å². The van der Waals surface area contributed by atoms with Crippen molar-refractivity contribution in [2.75, 3.05) is 6.54 Å². The zero-order valence-electron chi connectivity index (χ0n) is 9.18. The number of aryl methyl sites for hydroxylation is 2. The normalized spacial score (nSPS) is 10.6. The number of nitrogens with zero attached hydrogens (tertiary/aromatic N) is 3. The third-order valence-electron chi connectivity index (χ3n) is 2.18. The molecule has 5 nitrogen and oxygen atoms in total. The predicted molar refractivity (Wildman–Crippen MR) is 59.6 cm³/mol. The first-order valence-electron chi connectivity index (χ1n) is 5.26. The van der Waals surface area contributed by atoms with E-state index in [0.29, 0.717) is 18.3 Å². The number of pyridine rings is 1. The highest BCUT2D eigenvalue weighted by Crippen LogP contribution is 2.13. The summed E-state index contributed by atoms with van der Waals surface area (Å²) in [6.07, 6.45) is 1.57. The van der Waals surface area contributed by atoms with Crippen molar-refractivity contribution in [2.24, 2.45) is 5.73 Å². The minimum absolute atomic E-state index is 0.538. The lowest BCUT2D eigenvalue weighted by molar-refractivity contribution is 0.376. The van der Waals surface area contributed by atoms with E-state index >= 15 is 0 Å². The van der Waals surface area contributed by atoms with Gasteiger partial charge in [-0.25, -0.2) is 4.98 Å². The predicted octanol–water partition coefficient (Wildman–Crippen LogP) is 1.33. The van der Waals surface area contributed by atoms with Gasteiger partial charge in [-0.1, -0.05) is 11.2 Å². The van der Waals surface area contributed by atoms with Gasteiger partial charge in [0.15, 0.2) is 0 Å². The van der Waals surface area contributed by atoms with Crippen LogP contribution in [0.4, 0.5) is 0 Å². The summed E-state index contributed by atoms with van der Waals surface area (Å²) in [4.78, 5) is 8.59. The van der Waals surface area contributed by atoms with Crippen LogP contribution in [0, 0.1) is 6.92 Å². The Hall–Kier alpha value is -1.75. The Labute approximate surface area is 93.7 Å². The standard InChI is InChI=1S/C11H14N4O/c1-8-4-2-5-9(13-8)11-14-10(16-15-11)6-3-7-12/h2,4-5H,3,6-7,12H2,1H3. The quantitative estimate of drug-likeness (QED) is 0.837. The summed E-state index contributed by atoms with van der Waals surface area (Å²) in [5, 5.41) is 3.89. The fraction of sp³-hybridized carbons (Fsp3) is 0.364. The van der Waals surface area contributed by atoms with Crippen LogP contribution in [0.15, 0.2) is 22.7 Å². The minimum atomic E-state index is 0.538. The fourth-order valence-electron chi connectivity index (χ4n) is 1.38. The lowest BCUT2D eigenvalue weighted by Crippen LogP contribution is -2.00. The molecule has 0 radical (unpaired) electrons. The fourth-order valence-corrected chi connectivity index (χ4v) is 1.38. The Morgan fingerprint density at radius 1 is 1.31 bits per heavy atom. The molecule has 0 spiro atoms. The molecule has 84 valence electrons. The Kier molecular flexibility index (Phi) is 3.26. The first-order chi connectivity index (χ1) is 7.79. The number of nitrogens with two attached hydrogens (primary N) is 1. The van der Waals surface area contributed by atoms with Gasteiger partial charge in [-0.3, -0.25) is 0 Å². The Morgan fingerprint density at radius 3 is 2.94 bits per heavy atom. The molecule has 2 rings (SSSR count). The van der Waals surface area contributed by atoms with Crippen molar-refractivity contribution in [1.82, 2.24) is 15.1 Å². The molecule has 0 aliphatic carbocycles. The lowest BCUT2D eigenvalue weighted by atomic mass is 10.3. The molecule has 2 N–H and O–H groups in total. The molecular formula is C11H14N4O. The van der Waals surface area contributed by atoms with Crippen molar-refractivity contribution in [3.05, 3.63) is 29.8 Å². The molecule has 0 saturated carbocycles. The van der Waals surface area contributed by atoms with E-state index in [-0.39, 0.29) is 0 Å². The monoisotopic (exact) mass is 218 g/mol. The van der Waals surface area contributed by atoms with E-state index in [1.165, 1.54) is 0 Å². The summed E-state index contributed by atoms with van der Waals surface area (Å²) in [5.74, 6) is 1.15. The van der Waals surface area contributed by atoms with Crippen LogP contribution in [-0.4, -0.2) is 21.7 Å². The van der Waals surface area contributed by atoms with Gasteiger partial charge in [0.1, 0.15) is 5.69 Å². The van der Waals surface area contributed by atoms with E-state index < -0.39 is 0 Å². The molecule has 0 bridgehead atoms. The maximum atomic E-state index is 5.41. The van der Waals surface area contributed by atoms with Gasteiger partial charge in [0.2, 0.25) is 11.7 Å². The third-order valence-corrected chi connectivity index (χ3v) is 2.18. The second-order valence-corrected chi connectivity index (χ2v) is 3.57. The van der Waals surface area contributed by atoms with Gasteiger partial charge in [-0.05, 0) is 32.0 Å². The highest BCUT2D eigenvalue weighted by molar-refractivity contribution is 5.47. The molecule has 5 heteroatoms. The van der Waals surface area contributed by atoms with Crippen molar-refractivity contribution >= 4 is 0 Å². The number of aromatic nitrogens is 3. The van der Waals surface area contributed by atoms with E-state index in [1.54, 1.807) is 0 Å². The van der Waals surface area contributed by atoms with E-state index in [9.17, 15) is 0 Å². The van der Waals surface area contributed by atoms with Crippen molar-refractivity contribution < 1.29 is 4.52 Å². The van der Waals surface area contributed by atoms with Crippen molar-refractivity contribution in [3.8, 4) is 11.5 Å². The van der Waals surface area contributed by atoms with Crippen LogP contribution in [0.1, 0.15) is 18.0 Å². The summed E-state index contributed by atoms with van der Waals surface area (Å²) in [6, 6.07) is 5.72. The van der Waals surface area contributed by atoms with E-state index in [4.69, 9.17) is 10.3 Å². The zero-order valence-corrected chi connectivity index (χ0v) is 9.18. The Balaban J connectivity index is 2.18. The molecule has 0 aliphatic rings. The first-order valence-corrected chi connectivity index (χ1v) is 5.26. The first kappa shape index (κ1) is 10.8. The minimum Gasteiger partial charge on any atom is -0.339 e. The van der Waals surface area contributed by atoms with Crippen molar-refractivity contribution in [2.45, 2.75) is 19.8 Å². The van der Waals surface area contributed by atoms with E-state index in [2.05, 4.69) is 15.1 Å². The smallest absolute Gasteiger partial charge is 0.227 e. The van der Waals surface area contributed by atoms with Gasteiger partial charge < -0.3 is 10.3 Å². The lowest BCUT2D eigenvalue weighted by Gasteiger charge is -1.94. The average molecular weight is 218 g/mol. The number of hydrogen-bond donors (Lipinski definition) is 1. The van der Waals surface area contributed by atoms with Gasteiger partial charge in [-0.2, -0.15) is 4.98 Å². The molecule has 2 heterocycles. The highest BCUT2D eigenvalue weighted by Gasteiger charge is 2.08. The molecule has 0 saturated heterocycles. The molecule has 0 unspecified atom stereocenters. The molecule has 0 fully saturated rings. The molecular weight excluding hydrogens is 204 g/mol. The van der Waals surface area contributed by atoms with Crippen molar-refractivity contribution in [1.29, 1.82) is 0 Å². The van der Waals surface area contributed by atoms with Crippen LogP contribution in [0.5, 0.6) is 0 Å². The second-order valence-electron chi connectivity index (χ2n) is 3.57. The summed E-state index contributed by atoms with van der Waals surface area (Å²) in [7, 11) is 0. The zero-order chi connectivity index (χ0) is 11.4. The molecule has 0 amide bonds. The van der Waals surface area contributed by atoms with E-state index in [0.717, 1.165) is 24.2 Å². The topological polar surface area (TPSA) is 77.8 Å². The summed E-state index contributed by atoms with van der Waals surface area (Å²) in [6.45, 7) is 2.55. The average Bonchev–Trinajstić information content (AvgIpc) is 2.75. The molecule has 0 aromatic carbocycles. The SMILES string of the molecule is Cc1cccc(-c2noc(CCCN)n2)n1. The highest BCUT2D eigenvalue weighted by atomic mass is 16.5. The van der Waals surface area contributed by atoms with Crippen LogP contribution in [0.2, 0.25) is 0 Å². The van der Waals surface area contributed by atoms with Crippen LogP contribution in [0.25, 0.3) is 11.5 Å². The summed E-state index contributed by atoms with van der Waals surface area (Å²) < 4.78 is 5.10. The number of rotatable bonds is 4. The Morgan fingerprint density at radius 2 is 2.19 bits per heavy atom. The molecule has 0 aliphatic heterocycles. The van der Waals surface area contributed by atoms with Gasteiger partial charge >= 0.3 is 0 Å². The molecule has 16 heavy (non-hydrogen) atoms. The third kappa shape index (κ3) is 2.43. The molecule has 2 aromatic rings. The summed E-state index contributed by atoms with van der Waals surface area (Å²) >= 11 is 0. The van der Waals surface area contributed by atoms with Crippen LogP contribution >= 0.6 is 0 Å². The molecule has 0 atom stereocenters. The van der Waals surface area contributed by atoms with Gasteiger partial charge in [0.25, 0.3) is 0 Å².